The van der Waals surface area contributed by atoms with Crippen LogP contribution >= 0.6 is 0 Å². The van der Waals surface area contributed by atoms with Gasteiger partial charge in [0.25, 0.3) is 0 Å². The Balaban J connectivity index is 1.84. The van der Waals surface area contributed by atoms with Crippen molar-refractivity contribution in [3.63, 3.8) is 0 Å². The lowest BCUT2D eigenvalue weighted by atomic mass is 10.2. The number of nitrogens with two attached hydrogens (primary N) is 1. The van der Waals surface area contributed by atoms with Crippen LogP contribution in [0.4, 0.5) is 11.8 Å². The predicted molar refractivity (Wildman–Crippen MR) is 58.2 cm³/mol. The quantitative estimate of drug-likeness (QED) is 0.669. The van der Waals surface area contributed by atoms with Crippen molar-refractivity contribution in [2.75, 3.05) is 17.6 Å². The van der Waals surface area contributed by atoms with Crippen molar-refractivity contribution in [1.29, 1.82) is 0 Å². The van der Waals surface area contributed by atoms with Crippen molar-refractivity contribution in [1.82, 2.24) is 15.3 Å². The first-order chi connectivity index (χ1) is 7.33. The first kappa shape index (κ1) is 8.91. The Morgan fingerprint density at radius 3 is 3.00 bits per heavy atom. The van der Waals surface area contributed by atoms with Gasteiger partial charge < -0.3 is 16.4 Å². The number of hydrogen-bond donors (Lipinski definition) is 3. The van der Waals surface area contributed by atoms with E-state index in [1.807, 2.05) is 0 Å². The van der Waals surface area contributed by atoms with Crippen molar-refractivity contribution >= 4 is 11.8 Å². The number of anilines is 2. The van der Waals surface area contributed by atoms with E-state index in [9.17, 15) is 0 Å². The van der Waals surface area contributed by atoms with Gasteiger partial charge in [0.1, 0.15) is 5.82 Å². The molecular formula is C10H15N5. The molecule has 0 unspecified atom stereocenters. The monoisotopic (exact) mass is 205 g/mol. The van der Waals surface area contributed by atoms with Crippen LogP contribution in [0.5, 0.6) is 0 Å². The van der Waals surface area contributed by atoms with Crippen LogP contribution in [-0.4, -0.2) is 16.5 Å². The largest absolute Gasteiger partial charge is 0.369 e. The molecule has 15 heavy (non-hydrogen) atoms. The highest BCUT2D eigenvalue weighted by Gasteiger charge is 2.23. The van der Waals surface area contributed by atoms with Crippen LogP contribution in [0.25, 0.3) is 0 Å². The zero-order valence-corrected chi connectivity index (χ0v) is 8.58. The second-order valence-corrected chi connectivity index (χ2v) is 4.28. The molecule has 5 nitrogen and oxygen atoms in total. The van der Waals surface area contributed by atoms with E-state index in [-0.39, 0.29) is 0 Å². The number of nitrogens with zero attached hydrogens (tertiary/aromatic N) is 2. The van der Waals surface area contributed by atoms with Gasteiger partial charge in [-0.2, -0.15) is 4.98 Å². The van der Waals surface area contributed by atoms with Crippen LogP contribution in [0.15, 0.2) is 0 Å². The highest BCUT2D eigenvalue weighted by atomic mass is 15.1. The number of hydrogen-bond acceptors (Lipinski definition) is 5. The zero-order valence-electron chi connectivity index (χ0n) is 8.58. The van der Waals surface area contributed by atoms with E-state index in [2.05, 4.69) is 20.6 Å². The summed E-state index contributed by atoms with van der Waals surface area (Å²) in [5.41, 5.74) is 7.89. The minimum atomic E-state index is 0.371. The Hall–Kier alpha value is -1.36. The summed E-state index contributed by atoms with van der Waals surface area (Å²) in [5, 5.41) is 6.64. The Morgan fingerprint density at radius 1 is 1.33 bits per heavy atom. The number of rotatable bonds is 3. The van der Waals surface area contributed by atoms with E-state index >= 15 is 0 Å². The fraction of sp³-hybridized carbons (Fsp3) is 0.600. The second-order valence-electron chi connectivity index (χ2n) is 4.28. The molecule has 0 spiro atoms. The Bertz CT molecular complexity index is 386. The van der Waals surface area contributed by atoms with Gasteiger partial charge in [-0.15, -0.1) is 0 Å². The standard InChI is InChI=1S/C10H15N5/c11-10-14-8-5-12-4-7(8)9(15-10)13-3-6-1-2-6/h6,12H,1-5H2,(H3,11,13,14,15). The first-order valence-electron chi connectivity index (χ1n) is 5.43. The summed E-state index contributed by atoms with van der Waals surface area (Å²) in [6, 6.07) is 0. The zero-order chi connectivity index (χ0) is 10.3. The predicted octanol–water partition coefficient (Wildman–Crippen LogP) is 0.484. The molecule has 0 amide bonds. The number of fused-ring (bicyclic) bond motifs is 1. The van der Waals surface area contributed by atoms with Gasteiger partial charge in [-0.25, -0.2) is 4.98 Å². The molecule has 3 rings (SSSR count). The maximum absolute atomic E-state index is 5.66. The van der Waals surface area contributed by atoms with Crippen molar-refractivity contribution < 1.29 is 0 Å². The molecular weight excluding hydrogens is 190 g/mol. The fourth-order valence-electron chi connectivity index (χ4n) is 1.90. The van der Waals surface area contributed by atoms with Gasteiger partial charge in [0, 0.05) is 25.2 Å². The first-order valence-corrected chi connectivity index (χ1v) is 5.43. The molecule has 0 bridgehead atoms. The molecule has 0 radical (unpaired) electrons. The van der Waals surface area contributed by atoms with E-state index in [4.69, 9.17) is 5.73 Å². The van der Waals surface area contributed by atoms with E-state index in [0.29, 0.717) is 5.95 Å². The molecule has 0 aromatic carbocycles. The van der Waals surface area contributed by atoms with Gasteiger partial charge in [-0.1, -0.05) is 0 Å². The van der Waals surface area contributed by atoms with Gasteiger partial charge in [0.2, 0.25) is 5.95 Å². The minimum Gasteiger partial charge on any atom is -0.369 e. The summed E-state index contributed by atoms with van der Waals surface area (Å²) < 4.78 is 0. The summed E-state index contributed by atoms with van der Waals surface area (Å²) >= 11 is 0. The van der Waals surface area contributed by atoms with Crippen LogP contribution in [-0.2, 0) is 13.1 Å². The summed E-state index contributed by atoms with van der Waals surface area (Å²) in [6.07, 6.45) is 2.68. The van der Waals surface area contributed by atoms with Crippen molar-refractivity contribution in [3.8, 4) is 0 Å². The van der Waals surface area contributed by atoms with Crippen molar-refractivity contribution in [3.05, 3.63) is 11.3 Å². The maximum atomic E-state index is 5.66. The molecule has 1 aliphatic heterocycles. The minimum absolute atomic E-state index is 0.371. The van der Waals surface area contributed by atoms with Crippen LogP contribution in [0.3, 0.4) is 0 Å². The van der Waals surface area contributed by atoms with Crippen molar-refractivity contribution in [2.45, 2.75) is 25.9 Å². The van der Waals surface area contributed by atoms with Gasteiger partial charge in [0.15, 0.2) is 0 Å². The summed E-state index contributed by atoms with van der Waals surface area (Å²) in [7, 11) is 0. The molecule has 4 N–H and O–H groups in total. The van der Waals surface area contributed by atoms with Gasteiger partial charge >= 0.3 is 0 Å². The van der Waals surface area contributed by atoms with Gasteiger partial charge in [-0.3, -0.25) is 0 Å². The van der Waals surface area contributed by atoms with Crippen LogP contribution in [0.1, 0.15) is 24.1 Å². The average Bonchev–Trinajstić information content (AvgIpc) is 2.92. The van der Waals surface area contributed by atoms with E-state index in [0.717, 1.165) is 37.1 Å². The maximum Gasteiger partial charge on any atom is 0.222 e. The van der Waals surface area contributed by atoms with Crippen LogP contribution in [0, 0.1) is 5.92 Å². The lowest BCUT2D eigenvalue weighted by Gasteiger charge is -2.09. The average molecular weight is 205 g/mol. The molecule has 0 saturated heterocycles. The Labute approximate surface area is 88.5 Å². The molecule has 0 atom stereocenters. The third-order valence-corrected chi connectivity index (χ3v) is 2.96. The smallest absolute Gasteiger partial charge is 0.222 e. The molecule has 5 heteroatoms. The molecule has 2 aliphatic rings. The van der Waals surface area contributed by atoms with E-state index in [1.165, 1.54) is 18.4 Å². The van der Waals surface area contributed by atoms with Crippen LogP contribution in [0.2, 0.25) is 0 Å². The normalized spacial score (nSPS) is 18.9. The molecule has 1 fully saturated rings. The molecule has 1 saturated carbocycles. The van der Waals surface area contributed by atoms with Gasteiger partial charge in [0.05, 0.1) is 5.69 Å². The van der Waals surface area contributed by atoms with Crippen molar-refractivity contribution in [2.24, 2.45) is 5.92 Å². The van der Waals surface area contributed by atoms with E-state index in [1.54, 1.807) is 0 Å². The number of nitrogens with one attached hydrogen (secondary N) is 2. The Kier molecular flexibility index (Phi) is 1.98. The second kappa shape index (κ2) is 3.34. The fourth-order valence-corrected chi connectivity index (χ4v) is 1.90. The third kappa shape index (κ3) is 1.74. The van der Waals surface area contributed by atoms with Crippen LogP contribution < -0.4 is 16.4 Å². The highest BCUT2D eigenvalue weighted by Crippen LogP contribution is 2.30. The van der Waals surface area contributed by atoms with Gasteiger partial charge in [-0.05, 0) is 18.8 Å². The highest BCUT2D eigenvalue weighted by molar-refractivity contribution is 5.51. The molecule has 1 aromatic rings. The molecule has 80 valence electrons. The summed E-state index contributed by atoms with van der Waals surface area (Å²) in [6.45, 7) is 2.67. The summed E-state index contributed by atoms with van der Waals surface area (Å²) in [4.78, 5) is 8.48. The lowest BCUT2D eigenvalue weighted by molar-refractivity contribution is 0.757. The lowest BCUT2D eigenvalue weighted by Crippen LogP contribution is -2.10. The number of nitrogen functional groups attached to an aromatic ring is 1. The molecule has 2 heterocycles. The third-order valence-electron chi connectivity index (χ3n) is 2.96. The molecule has 1 aromatic heterocycles. The molecule has 1 aliphatic carbocycles. The number of aromatic nitrogens is 2. The SMILES string of the molecule is Nc1nc2c(c(NCC3CC3)n1)CNC2. The van der Waals surface area contributed by atoms with E-state index < -0.39 is 0 Å². The Morgan fingerprint density at radius 2 is 2.20 bits per heavy atom. The summed E-state index contributed by atoms with van der Waals surface area (Å²) in [5.74, 6) is 2.14. The topological polar surface area (TPSA) is 75.9 Å².